The Balaban J connectivity index is 2.06. The van der Waals surface area contributed by atoms with Gasteiger partial charge in [-0.1, -0.05) is 24.6 Å². The number of hydrogen-bond acceptors (Lipinski definition) is 1. The SMILES string of the molecule is C=C(C)C1=CCCN2CCCCC2C1. The van der Waals surface area contributed by atoms with Crippen LogP contribution in [0.2, 0.25) is 0 Å². The zero-order chi connectivity index (χ0) is 9.97. The Labute approximate surface area is 87.5 Å². The van der Waals surface area contributed by atoms with E-state index in [0.717, 1.165) is 6.04 Å². The predicted octanol–water partition coefficient (Wildman–Crippen LogP) is 3.14. The molecule has 0 spiro atoms. The third kappa shape index (κ3) is 2.09. The van der Waals surface area contributed by atoms with Crippen molar-refractivity contribution in [1.29, 1.82) is 0 Å². The van der Waals surface area contributed by atoms with E-state index in [0.29, 0.717) is 0 Å². The van der Waals surface area contributed by atoms with E-state index >= 15 is 0 Å². The molecule has 0 radical (unpaired) electrons. The second-order valence-corrected chi connectivity index (χ2v) is 4.69. The van der Waals surface area contributed by atoms with E-state index in [9.17, 15) is 0 Å². The summed E-state index contributed by atoms with van der Waals surface area (Å²) in [5.41, 5.74) is 2.79. The number of allylic oxidation sites excluding steroid dienone is 1. The minimum absolute atomic E-state index is 0.814. The van der Waals surface area contributed by atoms with Gasteiger partial charge in [0.2, 0.25) is 0 Å². The molecule has 0 aliphatic carbocycles. The van der Waals surface area contributed by atoms with Crippen molar-refractivity contribution in [2.24, 2.45) is 0 Å². The fourth-order valence-electron chi connectivity index (χ4n) is 2.68. The number of fused-ring (bicyclic) bond motifs is 1. The number of rotatable bonds is 1. The molecule has 14 heavy (non-hydrogen) atoms. The maximum atomic E-state index is 4.07. The third-order valence-corrected chi connectivity index (χ3v) is 3.56. The van der Waals surface area contributed by atoms with Crippen molar-refractivity contribution in [2.45, 2.75) is 45.1 Å². The van der Waals surface area contributed by atoms with Crippen LogP contribution in [0.1, 0.15) is 39.0 Å². The summed E-state index contributed by atoms with van der Waals surface area (Å²) < 4.78 is 0. The Morgan fingerprint density at radius 3 is 3.07 bits per heavy atom. The largest absolute Gasteiger partial charge is 0.300 e. The molecule has 0 aromatic rings. The molecule has 2 aliphatic rings. The van der Waals surface area contributed by atoms with E-state index in [2.05, 4.69) is 24.5 Å². The van der Waals surface area contributed by atoms with Gasteiger partial charge in [0.15, 0.2) is 0 Å². The summed E-state index contributed by atoms with van der Waals surface area (Å²) in [6, 6.07) is 0.814. The lowest BCUT2D eigenvalue weighted by Crippen LogP contribution is -2.39. The lowest BCUT2D eigenvalue weighted by atomic mass is 9.94. The summed E-state index contributed by atoms with van der Waals surface area (Å²) >= 11 is 0. The lowest BCUT2D eigenvalue weighted by Gasteiger charge is -2.34. The molecule has 1 saturated heterocycles. The first kappa shape index (κ1) is 9.97. The highest BCUT2D eigenvalue weighted by Gasteiger charge is 2.24. The van der Waals surface area contributed by atoms with Crippen LogP contribution in [0, 0.1) is 0 Å². The molecule has 1 atom stereocenters. The second-order valence-electron chi connectivity index (χ2n) is 4.69. The second kappa shape index (κ2) is 4.31. The molecule has 2 heterocycles. The minimum Gasteiger partial charge on any atom is -0.300 e. The third-order valence-electron chi connectivity index (χ3n) is 3.56. The van der Waals surface area contributed by atoms with E-state index in [4.69, 9.17) is 0 Å². The smallest absolute Gasteiger partial charge is 0.0136 e. The van der Waals surface area contributed by atoms with E-state index < -0.39 is 0 Å². The minimum atomic E-state index is 0.814. The maximum Gasteiger partial charge on any atom is 0.0136 e. The van der Waals surface area contributed by atoms with Gasteiger partial charge in [-0.25, -0.2) is 0 Å². The van der Waals surface area contributed by atoms with Crippen LogP contribution in [0.4, 0.5) is 0 Å². The highest BCUT2D eigenvalue weighted by Crippen LogP contribution is 2.28. The van der Waals surface area contributed by atoms with Crippen LogP contribution in [0.25, 0.3) is 0 Å². The van der Waals surface area contributed by atoms with E-state index in [1.165, 1.54) is 56.3 Å². The molecule has 1 heteroatoms. The van der Waals surface area contributed by atoms with Crippen LogP contribution in [-0.4, -0.2) is 24.0 Å². The van der Waals surface area contributed by atoms with Gasteiger partial charge in [0.1, 0.15) is 0 Å². The summed E-state index contributed by atoms with van der Waals surface area (Å²) in [7, 11) is 0. The molecule has 1 fully saturated rings. The van der Waals surface area contributed by atoms with Crippen LogP contribution in [0.5, 0.6) is 0 Å². The number of piperidine rings is 1. The van der Waals surface area contributed by atoms with Crippen LogP contribution in [0.15, 0.2) is 23.8 Å². The number of hydrogen-bond donors (Lipinski definition) is 0. The van der Waals surface area contributed by atoms with Crippen LogP contribution in [-0.2, 0) is 0 Å². The van der Waals surface area contributed by atoms with Crippen molar-refractivity contribution >= 4 is 0 Å². The lowest BCUT2D eigenvalue weighted by molar-refractivity contribution is 0.155. The summed E-state index contributed by atoms with van der Waals surface area (Å²) in [6.07, 6.45) is 9.09. The molecule has 0 saturated carbocycles. The standard InChI is InChI=1S/C13H21N/c1-11(2)12-6-5-9-14-8-4-3-7-13(14)10-12/h6,13H,1,3-5,7-10H2,2H3. The topological polar surface area (TPSA) is 3.24 Å². The van der Waals surface area contributed by atoms with Gasteiger partial charge in [-0.3, -0.25) is 4.90 Å². The fourth-order valence-corrected chi connectivity index (χ4v) is 2.68. The molecule has 0 amide bonds. The normalized spacial score (nSPS) is 28.9. The van der Waals surface area contributed by atoms with Crippen LogP contribution >= 0.6 is 0 Å². The van der Waals surface area contributed by atoms with Gasteiger partial charge in [-0.15, -0.1) is 0 Å². The van der Waals surface area contributed by atoms with Crippen molar-refractivity contribution in [2.75, 3.05) is 13.1 Å². The average molecular weight is 191 g/mol. The van der Waals surface area contributed by atoms with Crippen molar-refractivity contribution in [3.05, 3.63) is 23.8 Å². The van der Waals surface area contributed by atoms with Crippen molar-refractivity contribution in [1.82, 2.24) is 4.90 Å². The van der Waals surface area contributed by atoms with Crippen molar-refractivity contribution in [3.63, 3.8) is 0 Å². The van der Waals surface area contributed by atoms with Gasteiger partial charge >= 0.3 is 0 Å². The first-order valence-corrected chi connectivity index (χ1v) is 5.86. The van der Waals surface area contributed by atoms with Gasteiger partial charge in [0, 0.05) is 12.6 Å². The van der Waals surface area contributed by atoms with Crippen molar-refractivity contribution in [3.8, 4) is 0 Å². The van der Waals surface area contributed by atoms with Crippen LogP contribution in [0.3, 0.4) is 0 Å². The fraction of sp³-hybridized carbons (Fsp3) is 0.692. The Morgan fingerprint density at radius 2 is 2.29 bits per heavy atom. The van der Waals surface area contributed by atoms with E-state index in [-0.39, 0.29) is 0 Å². The highest BCUT2D eigenvalue weighted by molar-refractivity contribution is 5.28. The molecule has 0 aromatic carbocycles. The van der Waals surface area contributed by atoms with Crippen molar-refractivity contribution < 1.29 is 0 Å². The molecule has 2 aliphatic heterocycles. The maximum absolute atomic E-state index is 4.07. The van der Waals surface area contributed by atoms with E-state index in [1.54, 1.807) is 0 Å². The first-order chi connectivity index (χ1) is 6.77. The van der Waals surface area contributed by atoms with Gasteiger partial charge in [-0.2, -0.15) is 0 Å². The zero-order valence-electron chi connectivity index (χ0n) is 9.26. The Kier molecular flexibility index (Phi) is 3.07. The summed E-state index contributed by atoms with van der Waals surface area (Å²) in [6.45, 7) is 8.80. The summed E-state index contributed by atoms with van der Waals surface area (Å²) in [5.74, 6) is 0. The van der Waals surface area contributed by atoms with Gasteiger partial charge in [0.25, 0.3) is 0 Å². The Bertz CT molecular complexity index is 252. The molecule has 0 N–H and O–H groups in total. The molecule has 78 valence electrons. The van der Waals surface area contributed by atoms with Gasteiger partial charge in [0.05, 0.1) is 0 Å². The Hall–Kier alpha value is -0.560. The summed E-state index contributed by atoms with van der Waals surface area (Å²) in [5, 5.41) is 0. The highest BCUT2D eigenvalue weighted by atomic mass is 15.2. The molecule has 1 nitrogen and oxygen atoms in total. The molecule has 2 rings (SSSR count). The molecular formula is C13H21N. The molecular weight excluding hydrogens is 170 g/mol. The number of nitrogens with zero attached hydrogens (tertiary/aromatic N) is 1. The van der Waals surface area contributed by atoms with Gasteiger partial charge in [-0.05, 0) is 44.7 Å². The van der Waals surface area contributed by atoms with Gasteiger partial charge < -0.3 is 0 Å². The molecule has 1 unspecified atom stereocenters. The predicted molar refractivity (Wildman–Crippen MR) is 61.3 cm³/mol. The quantitative estimate of drug-likeness (QED) is 0.615. The monoisotopic (exact) mass is 191 g/mol. The molecule has 0 bridgehead atoms. The first-order valence-electron chi connectivity index (χ1n) is 5.86. The zero-order valence-corrected chi connectivity index (χ0v) is 9.26. The van der Waals surface area contributed by atoms with Crippen LogP contribution < -0.4 is 0 Å². The summed E-state index contributed by atoms with van der Waals surface area (Å²) in [4.78, 5) is 2.68. The molecule has 0 aromatic heterocycles. The Morgan fingerprint density at radius 1 is 1.43 bits per heavy atom. The average Bonchev–Trinajstić information content (AvgIpc) is 2.39. The van der Waals surface area contributed by atoms with E-state index in [1.807, 2.05) is 0 Å².